The maximum atomic E-state index is 13.5. The second kappa shape index (κ2) is 11.2. The Balaban J connectivity index is 2.43. The fraction of sp³-hybridized carbons (Fsp3) is 0.417. The fourth-order valence-electron chi connectivity index (χ4n) is 3.52. The van der Waals surface area contributed by atoms with Crippen LogP contribution in [-0.2, 0) is 26.2 Å². The van der Waals surface area contributed by atoms with Crippen LogP contribution < -0.4 is 14.4 Å². The number of likely N-dealkylation sites (N-methyl/N-ethyl adjacent to an activating group) is 1. The lowest BCUT2D eigenvalue weighted by molar-refractivity contribution is -0.139. The number of methoxy groups -OCH3 is 1. The maximum absolute atomic E-state index is 13.5. The number of rotatable bonds is 10. The third-order valence-corrected chi connectivity index (χ3v) is 6.56. The summed E-state index contributed by atoms with van der Waals surface area (Å²) in [4.78, 5) is 27.2. The van der Waals surface area contributed by atoms with E-state index >= 15 is 0 Å². The van der Waals surface area contributed by atoms with Gasteiger partial charge in [-0.05, 0) is 42.2 Å². The van der Waals surface area contributed by atoms with Crippen molar-refractivity contribution >= 4 is 27.5 Å². The molecular formula is C24H33N3O5S. The van der Waals surface area contributed by atoms with E-state index in [1.54, 1.807) is 50.4 Å². The number of benzene rings is 2. The number of hydrogen-bond donors (Lipinski definition) is 1. The lowest BCUT2D eigenvalue weighted by atomic mass is 10.0. The van der Waals surface area contributed by atoms with E-state index < -0.39 is 28.5 Å². The van der Waals surface area contributed by atoms with E-state index in [1.807, 2.05) is 26.0 Å². The molecule has 2 aromatic rings. The van der Waals surface area contributed by atoms with Crippen LogP contribution in [0.15, 0.2) is 48.5 Å². The number of para-hydroxylation sites is 1. The highest BCUT2D eigenvalue weighted by molar-refractivity contribution is 7.92. The highest BCUT2D eigenvalue weighted by Crippen LogP contribution is 2.29. The van der Waals surface area contributed by atoms with Gasteiger partial charge in [0, 0.05) is 13.6 Å². The molecule has 1 atom stereocenters. The number of nitrogens with zero attached hydrogens (tertiary/aromatic N) is 2. The number of carbonyl (C=O) groups is 2. The molecule has 0 saturated heterocycles. The minimum Gasteiger partial charge on any atom is -0.497 e. The first-order chi connectivity index (χ1) is 15.5. The molecule has 0 aliphatic heterocycles. The van der Waals surface area contributed by atoms with Gasteiger partial charge in [0.15, 0.2) is 0 Å². The lowest BCUT2D eigenvalue weighted by Crippen LogP contribution is -2.50. The van der Waals surface area contributed by atoms with Gasteiger partial charge in [0.05, 0.1) is 19.1 Å². The molecule has 0 aliphatic carbocycles. The van der Waals surface area contributed by atoms with Crippen LogP contribution in [0.5, 0.6) is 5.75 Å². The van der Waals surface area contributed by atoms with Crippen molar-refractivity contribution in [3.63, 3.8) is 0 Å². The Labute approximate surface area is 196 Å². The molecule has 1 unspecified atom stereocenters. The Kier molecular flexibility index (Phi) is 8.87. The Morgan fingerprint density at radius 2 is 1.64 bits per heavy atom. The zero-order valence-corrected chi connectivity index (χ0v) is 20.8. The zero-order chi connectivity index (χ0) is 24.8. The van der Waals surface area contributed by atoms with Gasteiger partial charge in [-0.15, -0.1) is 0 Å². The van der Waals surface area contributed by atoms with Gasteiger partial charge in [0.2, 0.25) is 21.8 Å². The molecule has 2 amide bonds. The minimum absolute atomic E-state index is 0.0562. The Morgan fingerprint density at radius 3 is 2.15 bits per heavy atom. The molecule has 0 bridgehead atoms. The molecule has 0 fully saturated rings. The van der Waals surface area contributed by atoms with Crippen molar-refractivity contribution in [2.75, 3.05) is 31.3 Å². The smallest absolute Gasteiger partial charge is 0.244 e. The van der Waals surface area contributed by atoms with Crippen LogP contribution in [0.25, 0.3) is 0 Å². The monoisotopic (exact) mass is 475 g/mol. The minimum atomic E-state index is -3.77. The van der Waals surface area contributed by atoms with Crippen molar-refractivity contribution in [3.05, 3.63) is 59.7 Å². The van der Waals surface area contributed by atoms with Gasteiger partial charge in [-0.1, -0.05) is 44.2 Å². The topological polar surface area (TPSA) is 96.0 Å². The molecule has 33 heavy (non-hydrogen) atoms. The van der Waals surface area contributed by atoms with E-state index in [2.05, 4.69) is 5.32 Å². The molecule has 1 N–H and O–H groups in total. The van der Waals surface area contributed by atoms with Gasteiger partial charge in [0.25, 0.3) is 0 Å². The highest BCUT2D eigenvalue weighted by atomic mass is 32.2. The standard InChI is InChI=1S/C24H33N3O5S/c1-17(2)21-9-7-8-10-22(21)27(33(6,30)31)16-23(28)26(18(3)24(29)25-4)15-19-11-13-20(32-5)14-12-19/h7-14,17-18H,15-16H2,1-6H3,(H,25,29). The molecule has 2 rings (SSSR count). The van der Waals surface area contributed by atoms with Gasteiger partial charge in [-0.3, -0.25) is 13.9 Å². The van der Waals surface area contributed by atoms with E-state index in [0.717, 1.165) is 21.7 Å². The first-order valence-electron chi connectivity index (χ1n) is 10.7. The highest BCUT2D eigenvalue weighted by Gasteiger charge is 2.30. The van der Waals surface area contributed by atoms with Crippen LogP contribution in [0.2, 0.25) is 0 Å². The Bertz CT molecular complexity index is 1070. The average Bonchev–Trinajstić information content (AvgIpc) is 2.79. The van der Waals surface area contributed by atoms with Crippen molar-refractivity contribution in [3.8, 4) is 5.75 Å². The van der Waals surface area contributed by atoms with Crippen molar-refractivity contribution in [2.24, 2.45) is 0 Å². The average molecular weight is 476 g/mol. The van der Waals surface area contributed by atoms with Gasteiger partial charge >= 0.3 is 0 Å². The molecular weight excluding hydrogens is 442 g/mol. The zero-order valence-electron chi connectivity index (χ0n) is 20.0. The van der Waals surface area contributed by atoms with Crippen molar-refractivity contribution in [1.82, 2.24) is 10.2 Å². The Hall–Kier alpha value is -3.07. The number of carbonyl (C=O) groups excluding carboxylic acids is 2. The van der Waals surface area contributed by atoms with Gasteiger partial charge in [-0.25, -0.2) is 8.42 Å². The first-order valence-corrected chi connectivity index (χ1v) is 12.5. The summed E-state index contributed by atoms with van der Waals surface area (Å²) in [6.45, 7) is 5.27. The quantitative estimate of drug-likeness (QED) is 0.570. The van der Waals surface area contributed by atoms with Gasteiger partial charge in [0.1, 0.15) is 18.3 Å². The summed E-state index contributed by atoms with van der Waals surface area (Å²) in [6, 6.07) is 13.5. The maximum Gasteiger partial charge on any atom is 0.244 e. The number of nitrogens with one attached hydrogen (secondary N) is 1. The van der Waals surface area contributed by atoms with Crippen LogP contribution >= 0.6 is 0 Å². The SMILES string of the molecule is CNC(=O)C(C)N(Cc1ccc(OC)cc1)C(=O)CN(c1ccccc1C(C)C)S(C)(=O)=O. The fourth-order valence-corrected chi connectivity index (χ4v) is 4.39. The number of hydrogen-bond acceptors (Lipinski definition) is 5. The molecule has 9 heteroatoms. The third-order valence-electron chi connectivity index (χ3n) is 5.43. The molecule has 0 spiro atoms. The van der Waals surface area contributed by atoms with E-state index in [1.165, 1.54) is 11.9 Å². The molecule has 2 aromatic carbocycles. The van der Waals surface area contributed by atoms with Crippen LogP contribution in [0.1, 0.15) is 37.8 Å². The van der Waals surface area contributed by atoms with Crippen LogP contribution in [0, 0.1) is 0 Å². The largest absolute Gasteiger partial charge is 0.497 e. The van der Waals surface area contributed by atoms with E-state index in [0.29, 0.717) is 11.4 Å². The van der Waals surface area contributed by atoms with Crippen molar-refractivity contribution in [1.29, 1.82) is 0 Å². The predicted octanol–water partition coefficient (Wildman–Crippen LogP) is 2.75. The first kappa shape index (κ1) is 26.2. The predicted molar refractivity (Wildman–Crippen MR) is 130 cm³/mol. The summed E-state index contributed by atoms with van der Waals surface area (Å²) >= 11 is 0. The van der Waals surface area contributed by atoms with Crippen molar-refractivity contribution < 1.29 is 22.7 Å². The molecule has 8 nitrogen and oxygen atoms in total. The summed E-state index contributed by atoms with van der Waals surface area (Å²) in [6.07, 6.45) is 1.08. The molecule has 0 aromatic heterocycles. The normalized spacial score (nSPS) is 12.2. The molecule has 180 valence electrons. The summed E-state index contributed by atoms with van der Waals surface area (Å²) < 4.78 is 31.7. The van der Waals surface area contributed by atoms with Crippen LogP contribution in [-0.4, -0.2) is 58.1 Å². The van der Waals surface area contributed by atoms with Gasteiger partial charge in [-0.2, -0.15) is 0 Å². The second-order valence-electron chi connectivity index (χ2n) is 8.14. The molecule has 0 saturated carbocycles. The van der Waals surface area contributed by atoms with E-state index in [4.69, 9.17) is 4.74 Å². The van der Waals surface area contributed by atoms with Crippen LogP contribution in [0.4, 0.5) is 5.69 Å². The van der Waals surface area contributed by atoms with Crippen molar-refractivity contribution in [2.45, 2.75) is 39.3 Å². The molecule has 0 heterocycles. The second-order valence-corrected chi connectivity index (χ2v) is 10.0. The number of sulfonamides is 1. The lowest BCUT2D eigenvalue weighted by Gasteiger charge is -2.32. The van der Waals surface area contributed by atoms with E-state index in [9.17, 15) is 18.0 Å². The number of anilines is 1. The summed E-state index contributed by atoms with van der Waals surface area (Å²) in [7, 11) is -0.708. The van der Waals surface area contributed by atoms with Gasteiger partial charge < -0.3 is 15.0 Å². The number of amides is 2. The molecule has 0 aliphatic rings. The number of ether oxygens (including phenoxy) is 1. The molecule has 0 radical (unpaired) electrons. The van der Waals surface area contributed by atoms with Crippen LogP contribution in [0.3, 0.4) is 0 Å². The third kappa shape index (κ3) is 6.71. The Morgan fingerprint density at radius 1 is 1.03 bits per heavy atom. The van der Waals surface area contributed by atoms with E-state index in [-0.39, 0.29) is 18.4 Å². The summed E-state index contributed by atoms with van der Waals surface area (Å²) in [5, 5.41) is 2.56. The summed E-state index contributed by atoms with van der Waals surface area (Å²) in [5.74, 6) is -0.0958. The summed E-state index contributed by atoms with van der Waals surface area (Å²) in [5.41, 5.74) is 2.06.